The summed E-state index contributed by atoms with van der Waals surface area (Å²) in [4.78, 5) is 12.6. The molecule has 1 aliphatic rings. The number of benzene rings is 2. The van der Waals surface area contributed by atoms with Gasteiger partial charge in [0.25, 0.3) is 5.91 Å². The van der Waals surface area contributed by atoms with E-state index in [1.54, 1.807) is 23.9 Å². The van der Waals surface area contributed by atoms with Crippen molar-refractivity contribution in [2.75, 3.05) is 5.32 Å². The molecular formula is C19H17ClF3NO4S2. The minimum Gasteiger partial charge on any atom is -0.373 e. The number of hydrogen-bond donors (Lipinski definition) is 2. The van der Waals surface area contributed by atoms with Crippen molar-refractivity contribution in [3.8, 4) is 0 Å². The van der Waals surface area contributed by atoms with E-state index in [0.29, 0.717) is 12.2 Å². The Labute approximate surface area is 180 Å². The van der Waals surface area contributed by atoms with Gasteiger partial charge in [-0.2, -0.15) is 13.2 Å². The van der Waals surface area contributed by atoms with Crippen LogP contribution in [0.15, 0.2) is 57.2 Å². The van der Waals surface area contributed by atoms with Crippen molar-refractivity contribution in [2.24, 2.45) is 0 Å². The molecule has 1 amide bonds. The van der Waals surface area contributed by atoms with Crippen LogP contribution >= 0.6 is 23.4 Å². The molecule has 1 aliphatic carbocycles. The van der Waals surface area contributed by atoms with Gasteiger partial charge in [-0.05, 0) is 62.2 Å². The summed E-state index contributed by atoms with van der Waals surface area (Å²) in [5.74, 6) is -1.74. The first-order valence-electron chi connectivity index (χ1n) is 8.74. The number of alkyl halides is 3. The number of anilines is 1. The van der Waals surface area contributed by atoms with Crippen LogP contribution in [0, 0.1) is 0 Å². The number of nitrogens with one attached hydrogen (secondary N) is 1. The van der Waals surface area contributed by atoms with Gasteiger partial charge in [0.15, 0.2) is 0 Å². The van der Waals surface area contributed by atoms with Gasteiger partial charge in [-0.1, -0.05) is 11.6 Å². The average Bonchev–Trinajstić information content (AvgIpc) is 3.46. The maximum atomic E-state index is 12.8. The molecule has 0 aliphatic heterocycles. The van der Waals surface area contributed by atoms with Crippen molar-refractivity contribution in [3.63, 3.8) is 0 Å². The summed E-state index contributed by atoms with van der Waals surface area (Å²) in [5, 5.41) is 11.6. The van der Waals surface area contributed by atoms with Crippen LogP contribution in [0.3, 0.4) is 0 Å². The van der Waals surface area contributed by atoms with Crippen LogP contribution in [0.4, 0.5) is 18.9 Å². The minimum atomic E-state index is -5.20. The second kappa shape index (κ2) is 8.07. The normalized spacial score (nSPS) is 16.7. The molecule has 162 valence electrons. The van der Waals surface area contributed by atoms with Gasteiger partial charge in [0.1, 0.15) is 0 Å². The predicted molar refractivity (Wildman–Crippen MR) is 108 cm³/mol. The molecule has 0 unspecified atom stereocenters. The Kier molecular flexibility index (Phi) is 6.16. The lowest BCUT2D eigenvalue weighted by molar-refractivity contribution is -0.242. The quantitative estimate of drug-likeness (QED) is 0.628. The highest BCUT2D eigenvalue weighted by Crippen LogP contribution is 2.39. The Bertz CT molecular complexity index is 1070. The van der Waals surface area contributed by atoms with E-state index in [1.807, 2.05) is 5.32 Å². The highest BCUT2D eigenvalue weighted by molar-refractivity contribution is 8.00. The third kappa shape index (κ3) is 4.77. The molecule has 0 saturated heterocycles. The second-order valence-electron chi connectivity index (χ2n) is 6.96. The number of sulfone groups is 1. The standard InChI is InChI=1S/C19H17ClF3NO4S2/c1-18(26,19(21,22)23)17(25)24-16-9-8-14(10-15(16)20)30(27,28)13-6-4-12(5-7-13)29-11-2-3-11/h4-11,26H,2-3H2,1H3,(H,24,25)/t18-/m1/s1. The van der Waals surface area contributed by atoms with Crippen molar-refractivity contribution < 1.29 is 31.5 Å². The largest absolute Gasteiger partial charge is 0.426 e. The average molecular weight is 480 g/mol. The summed E-state index contributed by atoms with van der Waals surface area (Å²) in [6.45, 7) is 0.306. The van der Waals surface area contributed by atoms with Crippen LogP contribution in [0.2, 0.25) is 5.02 Å². The Morgan fingerprint density at radius 1 is 1.13 bits per heavy atom. The summed E-state index contributed by atoms with van der Waals surface area (Å²) in [5.41, 5.74) is -3.90. The van der Waals surface area contributed by atoms with Crippen LogP contribution in [0.25, 0.3) is 0 Å². The Balaban J connectivity index is 1.80. The molecular weight excluding hydrogens is 463 g/mol. The molecule has 2 aromatic carbocycles. The van der Waals surface area contributed by atoms with Crippen LogP contribution in [0.5, 0.6) is 0 Å². The zero-order valence-electron chi connectivity index (χ0n) is 15.5. The fraction of sp³-hybridized carbons (Fsp3) is 0.316. The molecule has 11 heteroatoms. The van der Waals surface area contributed by atoms with Crippen molar-refractivity contribution >= 4 is 44.8 Å². The summed E-state index contributed by atoms with van der Waals surface area (Å²) < 4.78 is 63.9. The highest BCUT2D eigenvalue weighted by Gasteiger charge is 2.55. The first-order valence-corrected chi connectivity index (χ1v) is 11.5. The van der Waals surface area contributed by atoms with Gasteiger partial charge in [0.2, 0.25) is 15.4 Å². The van der Waals surface area contributed by atoms with E-state index in [2.05, 4.69) is 0 Å². The first-order chi connectivity index (χ1) is 13.8. The number of halogens is 4. The zero-order chi connectivity index (χ0) is 22.3. The van der Waals surface area contributed by atoms with E-state index in [9.17, 15) is 31.5 Å². The number of rotatable bonds is 6. The van der Waals surface area contributed by atoms with Crippen LogP contribution < -0.4 is 5.32 Å². The number of carbonyl (C=O) groups is 1. The molecule has 2 aromatic rings. The van der Waals surface area contributed by atoms with Gasteiger partial charge >= 0.3 is 6.18 Å². The number of amides is 1. The van der Waals surface area contributed by atoms with Crippen molar-refractivity contribution in [3.05, 3.63) is 47.5 Å². The summed E-state index contributed by atoms with van der Waals surface area (Å²) in [7, 11) is -3.92. The summed E-state index contributed by atoms with van der Waals surface area (Å²) in [6, 6.07) is 9.59. The van der Waals surface area contributed by atoms with Crippen LogP contribution in [-0.4, -0.2) is 36.5 Å². The van der Waals surface area contributed by atoms with E-state index in [4.69, 9.17) is 11.6 Å². The lowest BCUT2D eigenvalue weighted by atomic mass is 10.1. The van der Waals surface area contributed by atoms with Gasteiger partial charge < -0.3 is 10.4 Å². The molecule has 0 bridgehead atoms. The zero-order valence-corrected chi connectivity index (χ0v) is 17.9. The van der Waals surface area contributed by atoms with Crippen molar-refractivity contribution in [1.82, 2.24) is 0 Å². The molecule has 1 fully saturated rings. The van der Waals surface area contributed by atoms with E-state index in [0.717, 1.165) is 35.9 Å². The summed E-state index contributed by atoms with van der Waals surface area (Å²) >= 11 is 7.66. The second-order valence-corrected chi connectivity index (χ2v) is 10.7. The Morgan fingerprint density at radius 2 is 1.70 bits per heavy atom. The highest BCUT2D eigenvalue weighted by atomic mass is 35.5. The fourth-order valence-electron chi connectivity index (χ4n) is 2.35. The van der Waals surface area contributed by atoms with Crippen LogP contribution in [-0.2, 0) is 14.6 Å². The predicted octanol–water partition coefficient (Wildman–Crippen LogP) is 4.68. The lowest BCUT2D eigenvalue weighted by Crippen LogP contribution is -2.52. The molecule has 0 spiro atoms. The van der Waals surface area contributed by atoms with E-state index in [1.165, 1.54) is 12.1 Å². The Hall–Kier alpha value is -1.75. The molecule has 3 rings (SSSR count). The number of aliphatic hydroxyl groups is 1. The molecule has 30 heavy (non-hydrogen) atoms. The van der Waals surface area contributed by atoms with Gasteiger partial charge in [-0.25, -0.2) is 8.42 Å². The lowest BCUT2D eigenvalue weighted by Gasteiger charge is -2.25. The molecule has 0 aromatic heterocycles. The van der Waals surface area contributed by atoms with Crippen LogP contribution in [0.1, 0.15) is 19.8 Å². The molecule has 1 saturated carbocycles. The Morgan fingerprint density at radius 3 is 2.20 bits per heavy atom. The van der Waals surface area contributed by atoms with Gasteiger partial charge in [-0.15, -0.1) is 11.8 Å². The minimum absolute atomic E-state index is 0.0375. The number of hydrogen-bond acceptors (Lipinski definition) is 5. The third-order valence-corrected chi connectivity index (χ3v) is 7.88. The first kappa shape index (κ1) is 22.9. The molecule has 0 radical (unpaired) electrons. The van der Waals surface area contributed by atoms with Crippen molar-refractivity contribution in [1.29, 1.82) is 0 Å². The number of carbonyl (C=O) groups excluding carboxylic acids is 1. The fourth-order valence-corrected chi connectivity index (χ4v) is 4.98. The topological polar surface area (TPSA) is 83.5 Å². The smallest absolute Gasteiger partial charge is 0.373 e. The molecule has 5 nitrogen and oxygen atoms in total. The maximum absolute atomic E-state index is 12.8. The number of thioether (sulfide) groups is 1. The monoisotopic (exact) mass is 479 g/mol. The maximum Gasteiger partial charge on any atom is 0.426 e. The summed E-state index contributed by atoms with van der Waals surface area (Å²) in [6.07, 6.45) is -2.91. The van der Waals surface area contributed by atoms with E-state index >= 15 is 0 Å². The van der Waals surface area contributed by atoms with E-state index < -0.39 is 27.5 Å². The van der Waals surface area contributed by atoms with Crippen molar-refractivity contribution in [2.45, 2.75) is 51.5 Å². The third-order valence-electron chi connectivity index (χ3n) is 4.45. The van der Waals surface area contributed by atoms with Gasteiger partial charge in [0, 0.05) is 10.1 Å². The molecule has 0 heterocycles. The SMILES string of the molecule is C[C@@](O)(C(=O)Nc1ccc(S(=O)(=O)c2ccc(SC3CC3)cc2)cc1Cl)C(F)(F)F. The molecule has 1 atom stereocenters. The molecule has 2 N–H and O–H groups in total. The van der Waals surface area contributed by atoms with Gasteiger partial charge in [-0.3, -0.25) is 4.79 Å². The van der Waals surface area contributed by atoms with E-state index in [-0.39, 0.29) is 20.5 Å². The van der Waals surface area contributed by atoms with Gasteiger partial charge in [0.05, 0.1) is 20.5 Å².